The molecule has 1 aromatic rings. The summed E-state index contributed by atoms with van der Waals surface area (Å²) < 4.78 is 4.86. The third-order valence-corrected chi connectivity index (χ3v) is 1.90. The SMILES string of the molecule is Cc1ccc(C(=N)OC(=N)CCl)cc1. The number of nitrogens with one attached hydrogen (secondary N) is 2. The average molecular weight is 211 g/mol. The lowest BCUT2D eigenvalue weighted by atomic mass is 10.1. The predicted molar refractivity (Wildman–Crippen MR) is 57.5 cm³/mol. The van der Waals surface area contributed by atoms with Gasteiger partial charge in [0.15, 0.2) is 0 Å². The highest BCUT2D eigenvalue weighted by atomic mass is 35.5. The molecular weight excluding hydrogens is 200 g/mol. The summed E-state index contributed by atoms with van der Waals surface area (Å²) in [5.41, 5.74) is 1.76. The van der Waals surface area contributed by atoms with Crippen LogP contribution in [0, 0.1) is 17.7 Å². The molecule has 1 rings (SSSR count). The maximum Gasteiger partial charge on any atom is 0.220 e. The van der Waals surface area contributed by atoms with Crippen LogP contribution in [0.25, 0.3) is 0 Å². The van der Waals surface area contributed by atoms with Gasteiger partial charge in [0.05, 0.1) is 5.88 Å². The van der Waals surface area contributed by atoms with E-state index in [0.717, 1.165) is 5.56 Å². The molecule has 3 nitrogen and oxygen atoms in total. The second-order valence-corrected chi connectivity index (χ2v) is 3.12. The van der Waals surface area contributed by atoms with E-state index in [2.05, 4.69) is 0 Å². The van der Waals surface area contributed by atoms with E-state index in [1.807, 2.05) is 19.1 Å². The quantitative estimate of drug-likeness (QED) is 0.440. The molecule has 0 aliphatic heterocycles. The van der Waals surface area contributed by atoms with Crippen LogP contribution in [-0.2, 0) is 4.74 Å². The molecule has 0 saturated heterocycles. The molecule has 0 saturated carbocycles. The van der Waals surface area contributed by atoms with Crippen molar-refractivity contribution in [2.24, 2.45) is 0 Å². The Labute approximate surface area is 87.7 Å². The zero-order chi connectivity index (χ0) is 10.6. The first-order chi connectivity index (χ1) is 6.63. The molecule has 14 heavy (non-hydrogen) atoms. The van der Waals surface area contributed by atoms with Crippen molar-refractivity contribution in [1.82, 2.24) is 0 Å². The van der Waals surface area contributed by atoms with Crippen molar-refractivity contribution in [3.05, 3.63) is 35.4 Å². The smallest absolute Gasteiger partial charge is 0.220 e. The van der Waals surface area contributed by atoms with Gasteiger partial charge in [0.1, 0.15) is 0 Å². The molecule has 0 aliphatic carbocycles. The van der Waals surface area contributed by atoms with Gasteiger partial charge in [-0.2, -0.15) is 0 Å². The van der Waals surface area contributed by atoms with Crippen LogP contribution in [0.15, 0.2) is 24.3 Å². The summed E-state index contributed by atoms with van der Waals surface area (Å²) in [7, 11) is 0. The summed E-state index contributed by atoms with van der Waals surface area (Å²) in [6, 6.07) is 7.33. The molecule has 0 fully saturated rings. The number of hydrogen-bond donors (Lipinski definition) is 2. The van der Waals surface area contributed by atoms with E-state index in [9.17, 15) is 0 Å². The van der Waals surface area contributed by atoms with Crippen molar-refractivity contribution >= 4 is 23.4 Å². The Morgan fingerprint density at radius 2 is 1.86 bits per heavy atom. The topological polar surface area (TPSA) is 56.9 Å². The maximum absolute atomic E-state index is 7.51. The van der Waals surface area contributed by atoms with Gasteiger partial charge >= 0.3 is 0 Å². The molecule has 0 amide bonds. The Morgan fingerprint density at radius 3 is 2.36 bits per heavy atom. The van der Waals surface area contributed by atoms with E-state index in [0.29, 0.717) is 5.56 Å². The Hall–Kier alpha value is -1.35. The van der Waals surface area contributed by atoms with Crippen LogP contribution in [0.2, 0.25) is 0 Å². The molecule has 4 heteroatoms. The predicted octanol–water partition coefficient (Wildman–Crippen LogP) is 2.55. The van der Waals surface area contributed by atoms with Crippen LogP contribution in [0.5, 0.6) is 0 Å². The fourth-order valence-corrected chi connectivity index (χ4v) is 0.969. The lowest BCUT2D eigenvalue weighted by Gasteiger charge is -2.05. The molecule has 0 unspecified atom stereocenters. The molecule has 2 N–H and O–H groups in total. The Morgan fingerprint density at radius 1 is 1.29 bits per heavy atom. The average Bonchev–Trinajstić information content (AvgIpc) is 2.18. The Balaban J connectivity index is 2.70. The van der Waals surface area contributed by atoms with Crippen molar-refractivity contribution in [3.8, 4) is 0 Å². The maximum atomic E-state index is 7.51. The fourth-order valence-electron chi connectivity index (χ4n) is 0.914. The molecule has 1 aromatic carbocycles. The van der Waals surface area contributed by atoms with Gasteiger partial charge in [-0.15, -0.1) is 11.6 Å². The molecule has 0 atom stereocenters. The van der Waals surface area contributed by atoms with E-state index >= 15 is 0 Å². The minimum atomic E-state index is -0.114. The summed E-state index contributed by atoms with van der Waals surface area (Å²) >= 11 is 5.36. The zero-order valence-corrected chi connectivity index (χ0v) is 8.56. The van der Waals surface area contributed by atoms with E-state index in [1.165, 1.54) is 0 Å². The second-order valence-electron chi connectivity index (χ2n) is 2.85. The summed E-state index contributed by atoms with van der Waals surface area (Å²) in [6.07, 6.45) is 0. The number of aryl methyl sites for hydroxylation is 1. The molecule has 0 spiro atoms. The third kappa shape index (κ3) is 2.85. The number of halogens is 1. The van der Waals surface area contributed by atoms with Crippen molar-refractivity contribution in [2.45, 2.75) is 6.92 Å². The van der Waals surface area contributed by atoms with Crippen LogP contribution < -0.4 is 0 Å². The van der Waals surface area contributed by atoms with Gasteiger partial charge in [0.2, 0.25) is 11.8 Å². The fraction of sp³-hybridized carbons (Fsp3) is 0.200. The van der Waals surface area contributed by atoms with Crippen LogP contribution in [0.3, 0.4) is 0 Å². The number of benzene rings is 1. The van der Waals surface area contributed by atoms with Crippen molar-refractivity contribution in [1.29, 1.82) is 10.8 Å². The first kappa shape index (κ1) is 10.7. The highest BCUT2D eigenvalue weighted by Gasteiger charge is 2.04. The molecule has 0 aliphatic rings. The first-order valence-corrected chi connectivity index (χ1v) is 4.63. The van der Waals surface area contributed by atoms with Crippen molar-refractivity contribution < 1.29 is 4.74 Å². The number of hydrogen-bond acceptors (Lipinski definition) is 3. The van der Waals surface area contributed by atoms with E-state index in [4.69, 9.17) is 27.2 Å². The van der Waals surface area contributed by atoms with Gasteiger partial charge in [-0.25, -0.2) is 0 Å². The molecule has 0 heterocycles. The van der Waals surface area contributed by atoms with Gasteiger partial charge in [-0.3, -0.25) is 10.8 Å². The molecule has 74 valence electrons. The summed E-state index contributed by atoms with van der Waals surface area (Å²) in [5, 5.41) is 14.7. The summed E-state index contributed by atoms with van der Waals surface area (Å²) in [5.74, 6) is -0.179. The summed E-state index contributed by atoms with van der Waals surface area (Å²) in [4.78, 5) is 0. The van der Waals surface area contributed by atoms with Crippen molar-refractivity contribution in [3.63, 3.8) is 0 Å². The zero-order valence-electron chi connectivity index (χ0n) is 7.80. The second kappa shape index (κ2) is 4.77. The highest BCUT2D eigenvalue weighted by Crippen LogP contribution is 2.05. The normalized spacial score (nSPS) is 9.57. The largest absolute Gasteiger partial charge is 0.424 e. The number of ether oxygens (including phenoxy) is 1. The standard InChI is InChI=1S/C10H11ClN2O/c1-7-2-4-8(5-3-7)10(13)14-9(12)6-11/h2-5,12-13H,6H2,1H3. The van der Waals surface area contributed by atoms with E-state index < -0.39 is 0 Å². The van der Waals surface area contributed by atoms with Crippen LogP contribution >= 0.6 is 11.6 Å². The molecule has 0 radical (unpaired) electrons. The van der Waals surface area contributed by atoms with Gasteiger partial charge in [-0.1, -0.05) is 17.7 Å². The lowest BCUT2D eigenvalue weighted by Crippen LogP contribution is -2.12. The third-order valence-electron chi connectivity index (χ3n) is 1.66. The summed E-state index contributed by atoms with van der Waals surface area (Å²) in [6.45, 7) is 1.97. The van der Waals surface area contributed by atoms with Crippen LogP contribution in [0.1, 0.15) is 11.1 Å². The molecule has 0 bridgehead atoms. The first-order valence-electron chi connectivity index (χ1n) is 4.10. The monoisotopic (exact) mass is 210 g/mol. The highest BCUT2D eigenvalue weighted by molar-refractivity contribution is 6.27. The van der Waals surface area contributed by atoms with E-state index in [1.54, 1.807) is 12.1 Å². The lowest BCUT2D eigenvalue weighted by molar-refractivity contribution is 0.533. The minimum Gasteiger partial charge on any atom is -0.424 e. The van der Waals surface area contributed by atoms with Gasteiger partial charge in [-0.05, 0) is 19.1 Å². The molecule has 0 aromatic heterocycles. The van der Waals surface area contributed by atoms with Gasteiger partial charge in [0, 0.05) is 5.56 Å². The van der Waals surface area contributed by atoms with Gasteiger partial charge in [0.25, 0.3) is 0 Å². The Bertz CT molecular complexity index is 346. The van der Waals surface area contributed by atoms with Crippen LogP contribution in [-0.4, -0.2) is 17.7 Å². The van der Waals surface area contributed by atoms with Crippen molar-refractivity contribution in [2.75, 3.05) is 5.88 Å². The number of rotatable bonds is 2. The number of alkyl halides is 1. The minimum absolute atomic E-state index is 0.0196. The van der Waals surface area contributed by atoms with E-state index in [-0.39, 0.29) is 17.7 Å². The van der Waals surface area contributed by atoms with Gasteiger partial charge < -0.3 is 4.74 Å². The molecular formula is C10H11ClN2O. The Kier molecular flexibility index (Phi) is 3.65. The van der Waals surface area contributed by atoms with Crippen LogP contribution in [0.4, 0.5) is 0 Å².